The molecule has 0 aromatic heterocycles. The Kier molecular flexibility index (Phi) is 6.61. The van der Waals surface area contributed by atoms with Crippen molar-refractivity contribution in [1.82, 2.24) is 9.80 Å². The van der Waals surface area contributed by atoms with E-state index in [9.17, 15) is 4.79 Å². The van der Waals surface area contributed by atoms with Gasteiger partial charge in [0, 0.05) is 23.7 Å². The van der Waals surface area contributed by atoms with E-state index in [0.717, 1.165) is 56.4 Å². The molecule has 2 aliphatic rings. The molecule has 2 saturated heterocycles. The molecule has 156 valence electrons. The fourth-order valence-electron chi connectivity index (χ4n) is 4.44. The van der Waals surface area contributed by atoms with Crippen molar-refractivity contribution < 1.29 is 9.53 Å². The molecular formula is C23H35ClN2O2. The number of hydrogen-bond acceptors (Lipinski definition) is 3. The summed E-state index contributed by atoms with van der Waals surface area (Å²) in [6.45, 7) is 12.0. The Morgan fingerprint density at radius 3 is 2.21 bits per heavy atom. The van der Waals surface area contributed by atoms with E-state index < -0.39 is 5.60 Å². The molecule has 1 aromatic rings. The van der Waals surface area contributed by atoms with Crippen LogP contribution in [0.3, 0.4) is 0 Å². The third kappa shape index (κ3) is 5.64. The minimum atomic E-state index is -0.427. The SMILES string of the molecule is CC(C)(C)OC(=O)N1CCC(C)(N2CCC(Cc3ccc(Cl)cc3)CC2)CC1. The molecule has 0 saturated carbocycles. The monoisotopic (exact) mass is 406 g/mol. The number of benzene rings is 1. The van der Waals surface area contributed by atoms with Crippen LogP contribution in [0.1, 0.15) is 58.9 Å². The lowest BCUT2D eigenvalue weighted by Gasteiger charge is -2.49. The van der Waals surface area contributed by atoms with Crippen LogP contribution in [0.5, 0.6) is 0 Å². The van der Waals surface area contributed by atoms with Crippen molar-refractivity contribution in [3.8, 4) is 0 Å². The van der Waals surface area contributed by atoms with Gasteiger partial charge in [-0.15, -0.1) is 0 Å². The van der Waals surface area contributed by atoms with Gasteiger partial charge in [0.2, 0.25) is 0 Å². The number of likely N-dealkylation sites (tertiary alicyclic amines) is 2. The number of piperidine rings is 2. The van der Waals surface area contributed by atoms with Gasteiger partial charge in [-0.2, -0.15) is 0 Å². The van der Waals surface area contributed by atoms with E-state index in [4.69, 9.17) is 16.3 Å². The molecule has 2 fully saturated rings. The second-order valence-corrected chi connectivity index (χ2v) is 10.2. The van der Waals surface area contributed by atoms with E-state index in [1.54, 1.807) is 0 Å². The normalized spacial score (nSPS) is 21.5. The zero-order chi connectivity index (χ0) is 20.4. The number of carbonyl (C=O) groups is 1. The van der Waals surface area contributed by atoms with Gasteiger partial charge in [0.25, 0.3) is 0 Å². The van der Waals surface area contributed by atoms with Crippen molar-refractivity contribution in [2.75, 3.05) is 26.2 Å². The number of rotatable bonds is 3. The average Bonchev–Trinajstić information content (AvgIpc) is 2.63. The summed E-state index contributed by atoms with van der Waals surface area (Å²) in [6, 6.07) is 8.29. The highest BCUT2D eigenvalue weighted by atomic mass is 35.5. The Morgan fingerprint density at radius 1 is 1.11 bits per heavy atom. The zero-order valence-electron chi connectivity index (χ0n) is 17.8. The first kappa shape index (κ1) is 21.4. The second-order valence-electron chi connectivity index (χ2n) is 9.73. The van der Waals surface area contributed by atoms with Gasteiger partial charge in [-0.3, -0.25) is 4.90 Å². The lowest BCUT2D eigenvalue weighted by atomic mass is 9.83. The van der Waals surface area contributed by atoms with E-state index in [-0.39, 0.29) is 11.6 Å². The van der Waals surface area contributed by atoms with E-state index in [0.29, 0.717) is 0 Å². The van der Waals surface area contributed by atoms with Crippen molar-refractivity contribution in [3.05, 3.63) is 34.9 Å². The van der Waals surface area contributed by atoms with Crippen LogP contribution in [0.15, 0.2) is 24.3 Å². The summed E-state index contributed by atoms with van der Waals surface area (Å²) in [4.78, 5) is 16.9. The predicted octanol–water partition coefficient (Wildman–Crippen LogP) is 5.38. The summed E-state index contributed by atoms with van der Waals surface area (Å²) in [5.74, 6) is 0.753. The molecule has 4 nitrogen and oxygen atoms in total. The molecule has 0 unspecified atom stereocenters. The molecule has 2 heterocycles. The van der Waals surface area contributed by atoms with Gasteiger partial charge in [0.1, 0.15) is 5.60 Å². The molecule has 0 N–H and O–H groups in total. The first-order valence-corrected chi connectivity index (χ1v) is 11.0. The van der Waals surface area contributed by atoms with E-state index in [2.05, 4.69) is 24.0 Å². The number of ether oxygens (including phenoxy) is 1. The van der Waals surface area contributed by atoms with Crippen molar-refractivity contribution in [1.29, 1.82) is 0 Å². The molecular weight excluding hydrogens is 372 g/mol. The van der Waals surface area contributed by atoms with Crippen molar-refractivity contribution >= 4 is 17.7 Å². The van der Waals surface area contributed by atoms with Crippen LogP contribution in [0.4, 0.5) is 4.79 Å². The molecule has 5 heteroatoms. The van der Waals surface area contributed by atoms with E-state index in [1.165, 1.54) is 18.4 Å². The summed E-state index contributed by atoms with van der Waals surface area (Å²) < 4.78 is 5.53. The average molecular weight is 407 g/mol. The van der Waals surface area contributed by atoms with Crippen LogP contribution in [-0.2, 0) is 11.2 Å². The number of nitrogens with zero attached hydrogens (tertiary/aromatic N) is 2. The summed E-state index contributed by atoms with van der Waals surface area (Å²) in [6.07, 6.45) is 5.51. The third-order valence-corrected chi connectivity index (χ3v) is 6.56. The van der Waals surface area contributed by atoms with Crippen molar-refractivity contribution in [2.45, 2.75) is 70.9 Å². The fraction of sp³-hybridized carbons (Fsp3) is 0.696. The van der Waals surface area contributed by atoms with Crippen LogP contribution >= 0.6 is 11.6 Å². The van der Waals surface area contributed by atoms with Gasteiger partial charge in [0.15, 0.2) is 0 Å². The Hall–Kier alpha value is -1.26. The topological polar surface area (TPSA) is 32.8 Å². The first-order valence-electron chi connectivity index (χ1n) is 10.6. The minimum Gasteiger partial charge on any atom is -0.444 e. The summed E-state index contributed by atoms with van der Waals surface area (Å²) in [5, 5.41) is 0.809. The molecule has 0 radical (unpaired) electrons. The maximum atomic E-state index is 12.3. The van der Waals surface area contributed by atoms with E-state index >= 15 is 0 Å². The molecule has 0 atom stereocenters. The zero-order valence-corrected chi connectivity index (χ0v) is 18.6. The predicted molar refractivity (Wildman–Crippen MR) is 115 cm³/mol. The molecule has 1 amide bonds. The maximum absolute atomic E-state index is 12.3. The Labute approximate surface area is 175 Å². The van der Waals surface area contributed by atoms with Crippen LogP contribution in [0, 0.1) is 5.92 Å². The van der Waals surface area contributed by atoms with E-state index in [1.807, 2.05) is 37.8 Å². The molecule has 28 heavy (non-hydrogen) atoms. The lowest BCUT2D eigenvalue weighted by molar-refractivity contribution is -0.0105. The minimum absolute atomic E-state index is 0.170. The molecule has 0 spiro atoms. The van der Waals surface area contributed by atoms with Crippen LogP contribution in [0.2, 0.25) is 5.02 Å². The molecule has 1 aromatic carbocycles. The Morgan fingerprint density at radius 2 is 1.68 bits per heavy atom. The number of halogens is 1. The van der Waals surface area contributed by atoms with Gasteiger partial charge in [-0.25, -0.2) is 4.79 Å². The number of carbonyl (C=O) groups excluding carboxylic acids is 1. The highest BCUT2D eigenvalue weighted by Crippen LogP contribution is 2.33. The second kappa shape index (κ2) is 8.62. The van der Waals surface area contributed by atoms with Gasteiger partial charge in [0.05, 0.1) is 0 Å². The highest BCUT2D eigenvalue weighted by Gasteiger charge is 2.39. The molecule has 0 bridgehead atoms. The molecule has 2 aliphatic heterocycles. The Bertz CT molecular complexity index is 652. The van der Waals surface area contributed by atoms with Crippen molar-refractivity contribution in [3.63, 3.8) is 0 Å². The highest BCUT2D eigenvalue weighted by molar-refractivity contribution is 6.30. The smallest absolute Gasteiger partial charge is 0.410 e. The van der Waals surface area contributed by atoms with Crippen LogP contribution in [-0.4, -0.2) is 53.2 Å². The summed E-state index contributed by atoms with van der Waals surface area (Å²) in [7, 11) is 0. The third-order valence-electron chi connectivity index (χ3n) is 6.31. The van der Waals surface area contributed by atoms with Gasteiger partial charge < -0.3 is 9.64 Å². The molecule has 0 aliphatic carbocycles. The quantitative estimate of drug-likeness (QED) is 0.675. The lowest BCUT2D eigenvalue weighted by Crippen LogP contribution is -2.56. The van der Waals surface area contributed by atoms with Crippen molar-refractivity contribution in [2.24, 2.45) is 5.92 Å². The Balaban J connectivity index is 1.46. The largest absolute Gasteiger partial charge is 0.444 e. The summed E-state index contributed by atoms with van der Waals surface area (Å²) >= 11 is 6.00. The number of hydrogen-bond donors (Lipinski definition) is 0. The van der Waals surface area contributed by atoms with Gasteiger partial charge >= 0.3 is 6.09 Å². The standard InChI is InChI=1S/C23H35ClN2O2/c1-22(2,3)28-21(27)25-15-11-23(4,12-16-25)26-13-9-19(10-14-26)17-18-5-7-20(24)8-6-18/h5-8,19H,9-17H2,1-4H3. The molecule has 3 rings (SSSR count). The summed E-state index contributed by atoms with van der Waals surface area (Å²) in [5.41, 5.74) is 1.16. The van der Waals surface area contributed by atoms with Crippen LogP contribution < -0.4 is 0 Å². The fourth-order valence-corrected chi connectivity index (χ4v) is 4.57. The van der Waals surface area contributed by atoms with Gasteiger partial charge in [-0.05, 0) is 96.5 Å². The van der Waals surface area contributed by atoms with Gasteiger partial charge in [-0.1, -0.05) is 23.7 Å². The first-order chi connectivity index (χ1) is 13.1. The van der Waals surface area contributed by atoms with Crippen LogP contribution in [0.25, 0.3) is 0 Å². The maximum Gasteiger partial charge on any atom is 0.410 e. The number of amides is 1.